The zero-order valence-electron chi connectivity index (χ0n) is 12.9. The van der Waals surface area contributed by atoms with Crippen LogP contribution in [0.1, 0.15) is 42.6 Å². The molecule has 5 heteroatoms. The van der Waals surface area contributed by atoms with Gasteiger partial charge in [-0.3, -0.25) is 9.89 Å². The summed E-state index contributed by atoms with van der Waals surface area (Å²) in [5.74, 6) is -0.0509. The normalized spacial score (nSPS) is 28.7. The predicted octanol–water partition coefficient (Wildman–Crippen LogP) is 2.31. The quantitative estimate of drug-likeness (QED) is 0.894. The van der Waals surface area contributed by atoms with E-state index < -0.39 is 0 Å². The van der Waals surface area contributed by atoms with Gasteiger partial charge in [-0.25, -0.2) is 0 Å². The van der Waals surface area contributed by atoms with Gasteiger partial charge in [-0.15, -0.1) is 0 Å². The van der Waals surface area contributed by atoms with E-state index in [2.05, 4.69) is 27.5 Å². The molecule has 1 amide bonds. The average molecular weight is 298 g/mol. The fourth-order valence-corrected chi connectivity index (χ4v) is 4.12. The molecule has 116 valence electrons. The molecule has 2 aliphatic heterocycles. The molecule has 2 bridgehead atoms. The summed E-state index contributed by atoms with van der Waals surface area (Å²) in [5.41, 5.74) is 1.42. The highest BCUT2D eigenvalue weighted by atomic mass is 16.2. The zero-order chi connectivity index (χ0) is 15.1. The van der Waals surface area contributed by atoms with E-state index in [0.29, 0.717) is 17.8 Å². The molecule has 0 spiro atoms. The molecule has 2 aliphatic rings. The molecule has 0 aliphatic carbocycles. The van der Waals surface area contributed by atoms with E-state index in [1.54, 1.807) is 0 Å². The second-order valence-corrected chi connectivity index (χ2v) is 6.66. The number of aromatic amines is 1. The first-order chi connectivity index (χ1) is 10.7. The summed E-state index contributed by atoms with van der Waals surface area (Å²) in [4.78, 5) is 15.1. The summed E-state index contributed by atoms with van der Waals surface area (Å²) < 4.78 is 0. The van der Waals surface area contributed by atoms with Crippen LogP contribution in [0.25, 0.3) is 10.9 Å². The number of fused-ring (bicyclic) bond motifs is 3. The van der Waals surface area contributed by atoms with Gasteiger partial charge in [0.15, 0.2) is 5.69 Å². The molecular formula is C17H22N4O. The molecule has 1 aromatic carbocycles. The molecule has 3 heterocycles. The number of hydrogen-bond acceptors (Lipinski definition) is 3. The van der Waals surface area contributed by atoms with Crippen molar-refractivity contribution >= 4 is 16.8 Å². The largest absolute Gasteiger partial charge is 0.348 e. The summed E-state index contributed by atoms with van der Waals surface area (Å²) in [5, 5.41) is 11.2. The molecule has 5 nitrogen and oxygen atoms in total. The molecule has 0 radical (unpaired) electrons. The first kappa shape index (κ1) is 13.8. The number of amides is 1. The number of H-pyrrole nitrogens is 1. The SMILES string of the molecule is CN1[C@@H]2CCC[C@H]1C[C@@H](NC(=O)c1n[nH]c3ccccc13)C2. The maximum atomic E-state index is 12.6. The number of aromatic nitrogens is 2. The van der Waals surface area contributed by atoms with Crippen molar-refractivity contribution in [1.82, 2.24) is 20.4 Å². The van der Waals surface area contributed by atoms with E-state index in [0.717, 1.165) is 23.7 Å². The highest BCUT2D eigenvalue weighted by Gasteiger charge is 2.36. The van der Waals surface area contributed by atoms with Gasteiger partial charge in [-0.05, 0) is 38.8 Å². The van der Waals surface area contributed by atoms with Crippen molar-refractivity contribution in [3.8, 4) is 0 Å². The van der Waals surface area contributed by atoms with Crippen LogP contribution in [-0.4, -0.2) is 46.2 Å². The van der Waals surface area contributed by atoms with E-state index in [-0.39, 0.29) is 11.9 Å². The smallest absolute Gasteiger partial charge is 0.272 e. The molecule has 1 aromatic heterocycles. The van der Waals surface area contributed by atoms with Crippen LogP contribution in [0.5, 0.6) is 0 Å². The molecule has 22 heavy (non-hydrogen) atoms. The minimum atomic E-state index is -0.0509. The Morgan fingerprint density at radius 2 is 2.00 bits per heavy atom. The Balaban J connectivity index is 1.50. The minimum Gasteiger partial charge on any atom is -0.348 e. The number of piperidine rings is 2. The lowest BCUT2D eigenvalue weighted by Gasteiger charge is -2.47. The molecule has 2 N–H and O–H groups in total. The second-order valence-electron chi connectivity index (χ2n) is 6.66. The Hall–Kier alpha value is -1.88. The van der Waals surface area contributed by atoms with E-state index in [1.807, 2.05) is 24.3 Å². The Kier molecular flexibility index (Phi) is 3.37. The topological polar surface area (TPSA) is 61.0 Å². The standard InChI is InChI=1S/C17H22N4O/c1-21-12-5-4-6-13(21)10-11(9-12)18-17(22)16-14-7-2-3-8-15(14)19-20-16/h2-3,7-8,11-13H,4-6,9-10H2,1H3,(H,18,22)(H,19,20)/t11-,12+,13-. The number of nitrogens with one attached hydrogen (secondary N) is 2. The van der Waals surface area contributed by atoms with E-state index in [4.69, 9.17) is 0 Å². The molecule has 0 saturated carbocycles. The molecule has 4 rings (SSSR count). The van der Waals surface area contributed by atoms with Crippen molar-refractivity contribution in [2.24, 2.45) is 0 Å². The second kappa shape index (κ2) is 5.39. The molecular weight excluding hydrogens is 276 g/mol. The third kappa shape index (κ3) is 2.29. The lowest BCUT2D eigenvalue weighted by atomic mass is 9.82. The number of rotatable bonds is 2. The van der Waals surface area contributed by atoms with Crippen molar-refractivity contribution in [1.29, 1.82) is 0 Å². The average Bonchev–Trinajstić information content (AvgIpc) is 2.92. The van der Waals surface area contributed by atoms with Crippen molar-refractivity contribution in [2.45, 2.75) is 50.2 Å². The van der Waals surface area contributed by atoms with Gasteiger partial charge in [0.25, 0.3) is 5.91 Å². The fourth-order valence-electron chi connectivity index (χ4n) is 4.12. The Bertz CT molecular complexity index is 681. The van der Waals surface area contributed by atoms with Crippen LogP contribution in [-0.2, 0) is 0 Å². The van der Waals surface area contributed by atoms with Crippen molar-refractivity contribution in [3.05, 3.63) is 30.0 Å². The van der Waals surface area contributed by atoms with Crippen LogP contribution in [0.3, 0.4) is 0 Å². The van der Waals surface area contributed by atoms with Crippen LogP contribution in [0.2, 0.25) is 0 Å². The van der Waals surface area contributed by atoms with Gasteiger partial charge in [-0.2, -0.15) is 5.10 Å². The highest BCUT2D eigenvalue weighted by Crippen LogP contribution is 2.32. The molecule has 0 unspecified atom stereocenters. The lowest BCUT2D eigenvalue weighted by Crippen LogP contribution is -2.55. The molecule has 2 fully saturated rings. The van der Waals surface area contributed by atoms with Gasteiger partial charge in [0.2, 0.25) is 0 Å². The summed E-state index contributed by atoms with van der Waals surface area (Å²) in [6.07, 6.45) is 5.95. The van der Waals surface area contributed by atoms with E-state index in [1.165, 1.54) is 19.3 Å². The number of carbonyl (C=O) groups is 1. The van der Waals surface area contributed by atoms with Gasteiger partial charge in [0, 0.05) is 23.5 Å². The van der Waals surface area contributed by atoms with Crippen LogP contribution in [0.4, 0.5) is 0 Å². The van der Waals surface area contributed by atoms with Crippen molar-refractivity contribution in [2.75, 3.05) is 7.05 Å². The number of benzene rings is 1. The number of hydrogen-bond donors (Lipinski definition) is 2. The zero-order valence-corrected chi connectivity index (χ0v) is 12.9. The first-order valence-electron chi connectivity index (χ1n) is 8.18. The Morgan fingerprint density at radius 3 is 2.77 bits per heavy atom. The lowest BCUT2D eigenvalue weighted by molar-refractivity contribution is 0.0462. The van der Waals surface area contributed by atoms with Crippen molar-refractivity contribution < 1.29 is 4.79 Å². The molecule has 2 saturated heterocycles. The van der Waals surface area contributed by atoms with Gasteiger partial charge < -0.3 is 10.2 Å². The van der Waals surface area contributed by atoms with Crippen LogP contribution >= 0.6 is 0 Å². The van der Waals surface area contributed by atoms with Gasteiger partial charge >= 0.3 is 0 Å². The summed E-state index contributed by atoms with van der Waals surface area (Å²) >= 11 is 0. The minimum absolute atomic E-state index is 0.0509. The van der Waals surface area contributed by atoms with E-state index in [9.17, 15) is 4.79 Å². The Labute approximate surface area is 130 Å². The van der Waals surface area contributed by atoms with Crippen LogP contribution < -0.4 is 5.32 Å². The number of para-hydroxylation sites is 1. The Morgan fingerprint density at radius 1 is 1.27 bits per heavy atom. The summed E-state index contributed by atoms with van der Waals surface area (Å²) in [6, 6.07) is 9.28. The van der Waals surface area contributed by atoms with Gasteiger partial charge in [0.1, 0.15) is 0 Å². The summed E-state index contributed by atoms with van der Waals surface area (Å²) in [6.45, 7) is 0. The molecule has 3 atom stereocenters. The van der Waals surface area contributed by atoms with Crippen molar-refractivity contribution in [3.63, 3.8) is 0 Å². The third-order valence-electron chi connectivity index (χ3n) is 5.36. The van der Waals surface area contributed by atoms with Crippen LogP contribution in [0.15, 0.2) is 24.3 Å². The van der Waals surface area contributed by atoms with Crippen LogP contribution in [0, 0.1) is 0 Å². The maximum Gasteiger partial charge on any atom is 0.272 e. The predicted molar refractivity (Wildman–Crippen MR) is 85.8 cm³/mol. The van der Waals surface area contributed by atoms with E-state index >= 15 is 0 Å². The first-order valence-corrected chi connectivity index (χ1v) is 8.18. The monoisotopic (exact) mass is 298 g/mol. The van der Waals surface area contributed by atoms with Gasteiger partial charge in [0.05, 0.1) is 5.52 Å². The number of nitrogens with zero attached hydrogens (tertiary/aromatic N) is 2. The fraction of sp³-hybridized carbons (Fsp3) is 0.529. The summed E-state index contributed by atoms with van der Waals surface area (Å²) in [7, 11) is 2.23. The molecule has 2 aromatic rings. The number of carbonyl (C=O) groups excluding carboxylic acids is 1. The third-order valence-corrected chi connectivity index (χ3v) is 5.36. The maximum absolute atomic E-state index is 12.6. The van der Waals surface area contributed by atoms with Gasteiger partial charge in [-0.1, -0.05) is 24.6 Å². The highest BCUT2D eigenvalue weighted by molar-refractivity contribution is 6.04.